The van der Waals surface area contributed by atoms with E-state index in [-0.39, 0.29) is 5.82 Å². The molecule has 0 aliphatic rings. The molecule has 0 radical (unpaired) electrons. The predicted molar refractivity (Wildman–Crippen MR) is 106 cm³/mol. The van der Waals surface area contributed by atoms with Crippen molar-refractivity contribution in [2.24, 2.45) is 0 Å². The van der Waals surface area contributed by atoms with E-state index in [2.05, 4.69) is 11.0 Å². The SMILES string of the molecule is CN(C)Cc1cc(-c2ccc(S(C)(=O)=O)cc2)c(-c2ccc(F)cc2)s1. The highest BCUT2D eigenvalue weighted by Gasteiger charge is 2.15. The lowest BCUT2D eigenvalue weighted by Gasteiger charge is -2.06. The lowest BCUT2D eigenvalue weighted by atomic mass is 10.0. The molecule has 6 heteroatoms. The Balaban J connectivity index is 2.09. The largest absolute Gasteiger partial charge is 0.304 e. The third-order valence-corrected chi connectivity index (χ3v) is 6.25. The highest BCUT2D eigenvalue weighted by molar-refractivity contribution is 7.90. The summed E-state index contributed by atoms with van der Waals surface area (Å²) in [5.41, 5.74) is 2.92. The second-order valence-corrected chi connectivity index (χ2v) is 9.65. The number of hydrogen-bond acceptors (Lipinski definition) is 4. The van der Waals surface area contributed by atoms with E-state index in [1.54, 1.807) is 35.6 Å². The van der Waals surface area contributed by atoms with Crippen molar-refractivity contribution in [3.8, 4) is 21.6 Å². The van der Waals surface area contributed by atoms with Crippen LogP contribution in [-0.4, -0.2) is 33.7 Å². The van der Waals surface area contributed by atoms with Crippen LogP contribution in [0.15, 0.2) is 59.5 Å². The van der Waals surface area contributed by atoms with Gasteiger partial charge in [-0.2, -0.15) is 0 Å². The molecule has 26 heavy (non-hydrogen) atoms. The Kier molecular flexibility index (Phi) is 5.27. The van der Waals surface area contributed by atoms with E-state index in [4.69, 9.17) is 0 Å². The Morgan fingerprint density at radius 3 is 2.08 bits per heavy atom. The zero-order valence-corrected chi connectivity index (χ0v) is 16.5. The Hall–Kier alpha value is -2.02. The quantitative estimate of drug-likeness (QED) is 0.635. The molecule has 1 heterocycles. The van der Waals surface area contributed by atoms with Gasteiger partial charge < -0.3 is 4.90 Å². The summed E-state index contributed by atoms with van der Waals surface area (Å²) < 4.78 is 36.7. The first-order valence-electron chi connectivity index (χ1n) is 8.08. The van der Waals surface area contributed by atoms with Crippen LogP contribution >= 0.6 is 11.3 Å². The lowest BCUT2D eigenvalue weighted by Crippen LogP contribution is -2.09. The van der Waals surface area contributed by atoms with Crippen molar-refractivity contribution in [1.29, 1.82) is 0 Å². The predicted octanol–water partition coefficient (Wildman–Crippen LogP) is 4.69. The highest BCUT2D eigenvalue weighted by Crippen LogP contribution is 2.40. The minimum Gasteiger partial charge on any atom is -0.304 e. The molecule has 0 spiro atoms. The molecule has 0 bridgehead atoms. The highest BCUT2D eigenvalue weighted by atomic mass is 32.2. The van der Waals surface area contributed by atoms with Gasteiger partial charge in [0.25, 0.3) is 0 Å². The number of rotatable bonds is 5. The Bertz CT molecular complexity index is 1000. The van der Waals surface area contributed by atoms with E-state index in [9.17, 15) is 12.8 Å². The van der Waals surface area contributed by atoms with E-state index in [0.717, 1.165) is 28.1 Å². The number of benzene rings is 2. The summed E-state index contributed by atoms with van der Waals surface area (Å²) in [6, 6.07) is 15.5. The molecular formula is C20H20FNO2S2. The van der Waals surface area contributed by atoms with Gasteiger partial charge in [-0.1, -0.05) is 24.3 Å². The van der Waals surface area contributed by atoms with Gasteiger partial charge in [-0.25, -0.2) is 12.8 Å². The molecule has 0 amide bonds. The molecular weight excluding hydrogens is 369 g/mol. The Labute approximate surface area is 157 Å². The molecule has 136 valence electrons. The second-order valence-electron chi connectivity index (χ2n) is 6.50. The fourth-order valence-electron chi connectivity index (χ4n) is 2.74. The summed E-state index contributed by atoms with van der Waals surface area (Å²) in [6.45, 7) is 0.806. The van der Waals surface area contributed by atoms with Crippen molar-refractivity contribution in [3.05, 3.63) is 65.3 Å². The van der Waals surface area contributed by atoms with Gasteiger partial charge >= 0.3 is 0 Å². The molecule has 0 N–H and O–H groups in total. The maximum absolute atomic E-state index is 13.3. The number of thiophene rings is 1. The molecule has 0 unspecified atom stereocenters. The number of sulfone groups is 1. The summed E-state index contributed by atoms with van der Waals surface area (Å²) in [7, 11) is 0.798. The van der Waals surface area contributed by atoms with Crippen molar-refractivity contribution in [1.82, 2.24) is 4.90 Å². The summed E-state index contributed by atoms with van der Waals surface area (Å²) in [5.74, 6) is -0.266. The van der Waals surface area contributed by atoms with Crippen LogP contribution in [0.3, 0.4) is 0 Å². The van der Waals surface area contributed by atoms with Crippen molar-refractivity contribution < 1.29 is 12.8 Å². The van der Waals surface area contributed by atoms with Crippen LogP contribution in [-0.2, 0) is 16.4 Å². The Morgan fingerprint density at radius 2 is 1.54 bits per heavy atom. The molecule has 0 fully saturated rings. The molecule has 2 aromatic carbocycles. The summed E-state index contributed by atoms with van der Waals surface area (Å²) >= 11 is 1.67. The van der Waals surface area contributed by atoms with Crippen molar-refractivity contribution in [2.75, 3.05) is 20.4 Å². The molecule has 0 atom stereocenters. The van der Waals surface area contributed by atoms with Gasteiger partial charge in [-0.3, -0.25) is 0 Å². The summed E-state index contributed by atoms with van der Waals surface area (Å²) in [4.78, 5) is 4.63. The van der Waals surface area contributed by atoms with E-state index in [0.29, 0.717) is 4.90 Å². The van der Waals surface area contributed by atoms with E-state index < -0.39 is 9.84 Å². The maximum atomic E-state index is 13.3. The monoisotopic (exact) mass is 389 g/mol. The van der Waals surface area contributed by atoms with E-state index in [1.807, 2.05) is 26.2 Å². The van der Waals surface area contributed by atoms with Crippen LogP contribution in [0.25, 0.3) is 21.6 Å². The third kappa shape index (κ3) is 4.20. The minimum atomic E-state index is -3.23. The summed E-state index contributed by atoms with van der Waals surface area (Å²) in [5, 5.41) is 0. The first-order valence-corrected chi connectivity index (χ1v) is 10.8. The molecule has 1 aromatic heterocycles. The average molecular weight is 390 g/mol. The molecule has 3 rings (SSSR count). The van der Waals surface area contributed by atoms with Gasteiger partial charge in [0, 0.05) is 28.1 Å². The normalized spacial score (nSPS) is 11.9. The zero-order valence-electron chi connectivity index (χ0n) is 14.9. The number of nitrogens with zero attached hydrogens (tertiary/aromatic N) is 1. The van der Waals surface area contributed by atoms with Crippen LogP contribution in [0.1, 0.15) is 4.88 Å². The molecule has 3 aromatic rings. The molecule has 0 aliphatic heterocycles. The van der Waals surface area contributed by atoms with Gasteiger partial charge in [0.2, 0.25) is 0 Å². The van der Waals surface area contributed by atoms with Gasteiger partial charge in [0.15, 0.2) is 9.84 Å². The standard InChI is InChI=1S/C20H20FNO2S2/c1-22(2)13-17-12-19(14-6-10-18(11-7-14)26(3,23)24)20(25-17)15-4-8-16(21)9-5-15/h4-12H,13H2,1-3H3. The minimum absolute atomic E-state index is 0.266. The first kappa shape index (κ1) is 18.8. The van der Waals surface area contributed by atoms with Gasteiger partial charge in [0.1, 0.15) is 5.82 Å². The lowest BCUT2D eigenvalue weighted by molar-refractivity contribution is 0.406. The van der Waals surface area contributed by atoms with Crippen molar-refractivity contribution in [3.63, 3.8) is 0 Å². The second kappa shape index (κ2) is 7.31. The van der Waals surface area contributed by atoms with Gasteiger partial charge in [-0.15, -0.1) is 11.3 Å². The van der Waals surface area contributed by atoms with E-state index >= 15 is 0 Å². The van der Waals surface area contributed by atoms with Gasteiger partial charge in [0.05, 0.1) is 4.90 Å². The first-order chi connectivity index (χ1) is 12.2. The van der Waals surface area contributed by atoms with Crippen LogP contribution in [0.2, 0.25) is 0 Å². The van der Waals surface area contributed by atoms with Crippen LogP contribution in [0.4, 0.5) is 4.39 Å². The maximum Gasteiger partial charge on any atom is 0.175 e. The fraction of sp³-hybridized carbons (Fsp3) is 0.200. The van der Waals surface area contributed by atoms with E-state index in [1.165, 1.54) is 23.3 Å². The molecule has 0 saturated heterocycles. The Morgan fingerprint density at radius 1 is 0.962 bits per heavy atom. The molecule has 0 aliphatic carbocycles. The molecule has 3 nitrogen and oxygen atoms in total. The smallest absolute Gasteiger partial charge is 0.175 e. The van der Waals surface area contributed by atoms with Crippen LogP contribution < -0.4 is 0 Å². The average Bonchev–Trinajstić information content (AvgIpc) is 2.98. The van der Waals surface area contributed by atoms with Gasteiger partial charge in [-0.05, 0) is 55.6 Å². The van der Waals surface area contributed by atoms with Crippen molar-refractivity contribution >= 4 is 21.2 Å². The zero-order chi connectivity index (χ0) is 18.9. The molecule has 0 saturated carbocycles. The fourth-order valence-corrected chi connectivity index (χ4v) is 4.68. The number of halogens is 1. The summed E-state index contributed by atoms with van der Waals surface area (Å²) in [6.07, 6.45) is 1.20. The van der Waals surface area contributed by atoms with Crippen LogP contribution in [0, 0.1) is 5.82 Å². The van der Waals surface area contributed by atoms with Crippen LogP contribution in [0.5, 0.6) is 0 Å². The third-order valence-electron chi connectivity index (χ3n) is 3.96. The topological polar surface area (TPSA) is 37.4 Å². The number of hydrogen-bond donors (Lipinski definition) is 0. The van der Waals surface area contributed by atoms with Crippen molar-refractivity contribution in [2.45, 2.75) is 11.4 Å².